The van der Waals surface area contributed by atoms with Gasteiger partial charge in [-0.1, -0.05) is 31.2 Å². The minimum atomic E-state index is -4.94. The van der Waals surface area contributed by atoms with Crippen LogP contribution in [0.4, 0.5) is 42.5 Å². The maximum absolute atomic E-state index is 16.1. The van der Waals surface area contributed by atoms with Crippen LogP contribution >= 0.6 is 0 Å². The van der Waals surface area contributed by atoms with Gasteiger partial charge in [-0.05, 0) is 43.5 Å². The van der Waals surface area contributed by atoms with E-state index >= 15 is 8.78 Å². The molecule has 0 radical (unpaired) electrons. The van der Waals surface area contributed by atoms with Crippen LogP contribution in [0.3, 0.4) is 0 Å². The molecule has 1 aliphatic rings. The predicted molar refractivity (Wildman–Crippen MR) is 135 cm³/mol. The molecule has 0 unspecified atom stereocenters. The molecule has 0 saturated carbocycles. The topological polar surface area (TPSA) is 66.1 Å². The van der Waals surface area contributed by atoms with E-state index in [0.717, 1.165) is 17.5 Å². The largest absolute Gasteiger partial charge is 0.443 e. The fourth-order valence-electron chi connectivity index (χ4n) is 5.30. The number of aromatic nitrogens is 1. The number of amides is 1. The molecule has 1 aliphatic heterocycles. The number of alkyl halides is 3. The van der Waals surface area contributed by atoms with Crippen LogP contribution < -0.4 is 10.6 Å². The molecule has 5 nitrogen and oxygen atoms in total. The summed E-state index contributed by atoms with van der Waals surface area (Å²) in [7, 11) is 0. The zero-order valence-corrected chi connectivity index (χ0v) is 20.9. The smallest absolute Gasteiger partial charge is 0.418 e. The SMILES string of the molecule is C[C@@H]1c2c(cc(F)c(-c3cccc4cc[nH]c34)c2F)NC(C)(C)[C@H]1OC(=O)Nc1c(F)cccc1C(F)(F)F. The van der Waals surface area contributed by atoms with Crippen LogP contribution in [0, 0.1) is 17.5 Å². The molecule has 11 heteroatoms. The van der Waals surface area contributed by atoms with Crippen molar-refractivity contribution in [2.45, 2.75) is 44.5 Å². The molecule has 204 valence electrons. The quantitative estimate of drug-likeness (QED) is 0.227. The van der Waals surface area contributed by atoms with Gasteiger partial charge in [0, 0.05) is 28.9 Å². The lowest BCUT2D eigenvalue weighted by atomic mass is 9.77. The van der Waals surface area contributed by atoms with Crippen molar-refractivity contribution in [2.24, 2.45) is 0 Å². The van der Waals surface area contributed by atoms with E-state index in [4.69, 9.17) is 4.74 Å². The summed E-state index contributed by atoms with van der Waals surface area (Å²) >= 11 is 0. The summed E-state index contributed by atoms with van der Waals surface area (Å²) in [5.74, 6) is -3.84. The van der Waals surface area contributed by atoms with E-state index in [-0.39, 0.29) is 16.8 Å². The monoisotopic (exact) mass is 547 g/mol. The minimum Gasteiger partial charge on any atom is -0.443 e. The number of halogens is 6. The second-order valence-corrected chi connectivity index (χ2v) is 10.0. The van der Waals surface area contributed by atoms with E-state index in [1.54, 1.807) is 51.2 Å². The number of H-pyrrole nitrogens is 1. The Morgan fingerprint density at radius 3 is 2.46 bits per heavy atom. The Hall–Kier alpha value is -4.15. The standard InChI is InChI=1S/C28H23F6N3O2/c1-13-20-19(12-18(30)21(22(20)31)15-7-4-6-14-10-11-35-23(14)15)37-27(2,3)25(13)39-26(38)36-24-16(28(32,33)34)8-5-9-17(24)29/h4-13,25,35,37H,1-3H3,(H,36,38)/t13-,25+/m1/s1. The van der Waals surface area contributed by atoms with Crippen LogP contribution in [0.1, 0.15) is 37.8 Å². The van der Waals surface area contributed by atoms with Crippen molar-refractivity contribution < 1.29 is 35.9 Å². The van der Waals surface area contributed by atoms with Gasteiger partial charge in [0.25, 0.3) is 0 Å². The highest BCUT2D eigenvalue weighted by Gasteiger charge is 2.45. The summed E-state index contributed by atoms with van der Waals surface area (Å²) in [5.41, 5.74) is -2.84. The van der Waals surface area contributed by atoms with Gasteiger partial charge in [0.15, 0.2) is 0 Å². The Bertz CT molecular complexity index is 1590. The molecule has 0 saturated heterocycles. The number of fused-ring (bicyclic) bond motifs is 2. The summed E-state index contributed by atoms with van der Waals surface area (Å²) in [5, 5.41) is 5.58. The lowest BCUT2D eigenvalue weighted by Crippen LogP contribution is -2.52. The molecule has 2 heterocycles. The van der Waals surface area contributed by atoms with Gasteiger partial charge >= 0.3 is 12.3 Å². The highest BCUT2D eigenvalue weighted by atomic mass is 19.4. The van der Waals surface area contributed by atoms with E-state index in [1.807, 2.05) is 5.32 Å². The van der Waals surface area contributed by atoms with Crippen molar-refractivity contribution in [1.29, 1.82) is 0 Å². The van der Waals surface area contributed by atoms with E-state index in [2.05, 4.69) is 10.3 Å². The lowest BCUT2D eigenvalue weighted by molar-refractivity contribution is -0.137. The van der Waals surface area contributed by atoms with Gasteiger partial charge in [0.2, 0.25) is 0 Å². The second-order valence-electron chi connectivity index (χ2n) is 10.0. The summed E-state index contributed by atoms with van der Waals surface area (Å²) in [4.78, 5) is 15.7. The van der Waals surface area contributed by atoms with Crippen LogP contribution in [-0.2, 0) is 10.9 Å². The molecular formula is C28H23F6N3O2. The van der Waals surface area contributed by atoms with Crippen LogP contribution in [0.15, 0.2) is 54.7 Å². The first kappa shape index (κ1) is 26.5. The summed E-state index contributed by atoms with van der Waals surface area (Å²) in [6, 6.07) is 10.2. The van der Waals surface area contributed by atoms with Crippen LogP contribution in [0.5, 0.6) is 0 Å². The Balaban J connectivity index is 1.51. The summed E-state index contributed by atoms with van der Waals surface area (Å²) in [6.07, 6.45) is -5.79. The first-order chi connectivity index (χ1) is 18.3. The Morgan fingerprint density at radius 2 is 1.74 bits per heavy atom. The third-order valence-corrected chi connectivity index (χ3v) is 6.97. The molecule has 0 spiro atoms. The van der Waals surface area contributed by atoms with Crippen molar-refractivity contribution in [1.82, 2.24) is 4.98 Å². The van der Waals surface area contributed by atoms with Gasteiger partial charge in [0.05, 0.1) is 27.9 Å². The highest BCUT2D eigenvalue weighted by molar-refractivity contribution is 5.95. The fourth-order valence-corrected chi connectivity index (χ4v) is 5.30. The van der Waals surface area contributed by atoms with Crippen molar-refractivity contribution in [2.75, 3.05) is 10.6 Å². The van der Waals surface area contributed by atoms with E-state index in [1.165, 1.54) is 6.07 Å². The van der Waals surface area contributed by atoms with Gasteiger partial charge in [-0.15, -0.1) is 0 Å². The average molecular weight is 547 g/mol. The molecule has 0 aliphatic carbocycles. The maximum Gasteiger partial charge on any atom is 0.418 e. The minimum absolute atomic E-state index is 0.0361. The molecule has 4 aromatic rings. The van der Waals surface area contributed by atoms with Gasteiger partial charge < -0.3 is 15.0 Å². The molecule has 1 aromatic heterocycles. The van der Waals surface area contributed by atoms with Gasteiger partial charge in [-0.2, -0.15) is 13.2 Å². The zero-order valence-electron chi connectivity index (χ0n) is 20.9. The maximum atomic E-state index is 16.1. The molecule has 5 rings (SSSR count). The molecule has 3 aromatic carbocycles. The lowest BCUT2D eigenvalue weighted by Gasteiger charge is -2.44. The predicted octanol–water partition coefficient (Wildman–Crippen LogP) is 8.20. The number of anilines is 2. The zero-order chi connectivity index (χ0) is 28.3. The number of carbonyl (C=O) groups is 1. The summed E-state index contributed by atoms with van der Waals surface area (Å²) < 4.78 is 91.3. The molecular weight excluding hydrogens is 524 g/mol. The molecule has 1 amide bonds. The molecule has 2 atom stereocenters. The van der Waals surface area contributed by atoms with Gasteiger partial charge in [-0.25, -0.2) is 18.0 Å². The van der Waals surface area contributed by atoms with E-state index in [0.29, 0.717) is 17.1 Å². The van der Waals surface area contributed by atoms with Crippen molar-refractivity contribution >= 4 is 28.4 Å². The van der Waals surface area contributed by atoms with Crippen molar-refractivity contribution in [3.8, 4) is 11.1 Å². The molecule has 0 bridgehead atoms. The van der Waals surface area contributed by atoms with Crippen LogP contribution in [0.2, 0.25) is 0 Å². The average Bonchev–Trinajstić information content (AvgIpc) is 3.31. The highest BCUT2D eigenvalue weighted by Crippen LogP contribution is 2.46. The number of ether oxygens (including phenoxy) is 1. The third kappa shape index (κ3) is 4.55. The first-order valence-electron chi connectivity index (χ1n) is 12.0. The van der Waals surface area contributed by atoms with E-state index < -0.39 is 58.5 Å². The number of hydrogen-bond donors (Lipinski definition) is 3. The fraction of sp³-hybridized carbons (Fsp3) is 0.250. The first-order valence-corrected chi connectivity index (χ1v) is 12.0. The number of hydrogen-bond acceptors (Lipinski definition) is 3. The third-order valence-electron chi connectivity index (χ3n) is 6.97. The number of rotatable bonds is 3. The van der Waals surface area contributed by atoms with Gasteiger partial charge in [0.1, 0.15) is 23.6 Å². The number of nitrogens with one attached hydrogen (secondary N) is 3. The van der Waals surface area contributed by atoms with Crippen molar-refractivity contribution in [3.05, 3.63) is 83.3 Å². The number of carbonyl (C=O) groups excluding carboxylic acids is 1. The Morgan fingerprint density at radius 1 is 1.03 bits per heavy atom. The number of para-hydroxylation sites is 2. The van der Waals surface area contributed by atoms with Crippen LogP contribution in [-0.4, -0.2) is 22.7 Å². The number of aromatic amines is 1. The Labute approximate surface area is 219 Å². The van der Waals surface area contributed by atoms with Crippen molar-refractivity contribution in [3.63, 3.8) is 0 Å². The summed E-state index contributed by atoms with van der Waals surface area (Å²) in [6.45, 7) is 4.78. The van der Waals surface area contributed by atoms with Crippen LogP contribution in [0.25, 0.3) is 22.0 Å². The van der Waals surface area contributed by atoms with E-state index in [9.17, 15) is 22.4 Å². The second kappa shape index (κ2) is 9.25. The van der Waals surface area contributed by atoms with Gasteiger partial charge in [-0.3, -0.25) is 5.32 Å². The number of benzene rings is 3. The normalized spacial score (nSPS) is 18.4. The Kier molecular flexibility index (Phi) is 6.27. The molecule has 0 fully saturated rings. The molecule has 3 N–H and O–H groups in total. The molecule has 39 heavy (non-hydrogen) atoms.